The summed E-state index contributed by atoms with van der Waals surface area (Å²) in [6.07, 6.45) is 0. The van der Waals surface area contributed by atoms with Gasteiger partial charge in [0.15, 0.2) is 0 Å². The van der Waals surface area contributed by atoms with Crippen LogP contribution in [0.25, 0.3) is 0 Å². The first kappa shape index (κ1) is 10.4. The predicted molar refractivity (Wildman–Crippen MR) is 52.7 cm³/mol. The third kappa shape index (κ3) is 2.66. The average molecular weight is 222 g/mol. The number of phenols is 1. The zero-order chi connectivity index (χ0) is 9.84. The number of nitrogens with two attached hydrogens (primary N) is 1. The Balaban J connectivity index is 2.88. The molecule has 0 aliphatic rings. The van der Waals surface area contributed by atoms with E-state index in [0.717, 1.165) is 0 Å². The first-order chi connectivity index (χ1) is 6.15. The van der Waals surface area contributed by atoms with E-state index in [1.807, 2.05) is 0 Å². The highest BCUT2D eigenvalue weighted by Gasteiger charge is 2.06. The Bertz CT molecular complexity index is 304. The molecule has 5 heteroatoms. The Kier molecular flexibility index (Phi) is 3.66. The average Bonchev–Trinajstić information content (AvgIpc) is 2.09. The van der Waals surface area contributed by atoms with E-state index in [2.05, 4.69) is 0 Å². The van der Waals surface area contributed by atoms with Gasteiger partial charge in [-0.05, 0) is 6.07 Å². The van der Waals surface area contributed by atoms with Crippen molar-refractivity contribution in [3.63, 3.8) is 0 Å². The third-order valence-corrected chi connectivity index (χ3v) is 1.97. The minimum absolute atomic E-state index is 0.0573. The topological polar surface area (TPSA) is 55.5 Å². The van der Waals surface area contributed by atoms with E-state index in [9.17, 15) is 5.11 Å². The van der Waals surface area contributed by atoms with Gasteiger partial charge in [0.2, 0.25) is 0 Å². The van der Waals surface area contributed by atoms with Crippen LogP contribution in [0.5, 0.6) is 11.5 Å². The highest BCUT2D eigenvalue weighted by atomic mass is 35.5. The van der Waals surface area contributed by atoms with Crippen LogP contribution in [0.3, 0.4) is 0 Å². The molecular weight excluding hydrogens is 213 g/mol. The van der Waals surface area contributed by atoms with Gasteiger partial charge in [-0.3, -0.25) is 0 Å². The summed E-state index contributed by atoms with van der Waals surface area (Å²) in [4.78, 5) is 0. The molecule has 0 bridgehead atoms. The molecule has 0 aromatic heterocycles. The molecule has 13 heavy (non-hydrogen) atoms. The molecule has 3 nitrogen and oxygen atoms in total. The summed E-state index contributed by atoms with van der Waals surface area (Å²) < 4.78 is 5.15. The molecule has 0 heterocycles. The Morgan fingerprint density at radius 2 is 2.00 bits per heavy atom. The lowest BCUT2D eigenvalue weighted by molar-refractivity contribution is 0.326. The second-order valence-corrected chi connectivity index (χ2v) is 3.19. The van der Waals surface area contributed by atoms with Crippen molar-refractivity contribution in [2.24, 2.45) is 5.73 Å². The zero-order valence-electron chi connectivity index (χ0n) is 6.76. The molecular formula is C8H9Cl2NO2. The first-order valence-corrected chi connectivity index (χ1v) is 4.41. The van der Waals surface area contributed by atoms with Crippen LogP contribution in [0.15, 0.2) is 12.1 Å². The van der Waals surface area contributed by atoms with Gasteiger partial charge in [0.25, 0.3) is 0 Å². The molecule has 0 saturated heterocycles. The number of ether oxygens (including phenoxy) is 1. The van der Waals surface area contributed by atoms with Gasteiger partial charge in [0.1, 0.15) is 18.1 Å². The van der Waals surface area contributed by atoms with Gasteiger partial charge in [-0.1, -0.05) is 23.2 Å². The molecule has 1 aromatic carbocycles. The lowest BCUT2D eigenvalue weighted by Gasteiger charge is -2.07. The summed E-state index contributed by atoms with van der Waals surface area (Å²) >= 11 is 11.4. The monoisotopic (exact) mass is 221 g/mol. The molecule has 0 unspecified atom stereocenters. The van der Waals surface area contributed by atoms with Gasteiger partial charge in [0.05, 0.1) is 10.0 Å². The molecule has 0 amide bonds. The fraction of sp³-hybridized carbons (Fsp3) is 0.250. The van der Waals surface area contributed by atoms with Crippen LogP contribution >= 0.6 is 23.2 Å². The Labute approximate surface area is 86.0 Å². The zero-order valence-corrected chi connectivity index (χ0v) is 8.27. The number of benzene rings is 1. The van der Waals surface area contributed by atoms with E-state index in [4.69, 9.17) is 33.7 Å². The molecule has 3 N–H and O–H groups in total. The quantitative estimate of drug-likeness (QED) is 0.822. The number of hydrogen-bond donors (Lipinski definition) is 2. The summed E-state index contributed by atoms with van der Waals surface area (Å²) in [6.45, 7) is 0.737. The summed E-state index contributed by atoms with van der Waals surface area (Å²) in [5.74, 6) is 0.326. The Hall–Kier alpha value is -0.640. The molecule has 1 aromatic rings. The minimum atomic E-state index is -0.0573. The maximum absolute atomic E-state index is 9.22. The van der Waals surface area contributed by atoms with Crippen molar-refractivity contribution < 1.29 is 9.84 Å². The first-order valence-electron chi connectivity index (χ1n) is 3.66. The number of rotatable bonds is 3. The summed E-state index contributed by atoms with van der Waals surface area (Å²) in [6, 6.07) is 2.78. The molecule has 0 aliphatic carbocycles. The van der Waals surface area contributed by atoms with Crippen LogP contribution in [0.4, 0.5) is 0 Å². The number of aromatic hydroxyl groups is 1. The number of halogens is 2. The third-order valence-electron chi connectivity index (χ3n) is 1.38. The smallest absolute Gasteiger partial charge is 0.141 e. The molecule has 1 rings (SSSR count). The van der Waals surface area contributed by atoms with E-state index in [1.165, 1.54) is 12.1 Å². The van der Waals surface area contributed by atoms with Crippen LogP contribution in [-0.2, 0) is 0 Å². The van der Waals surface area contributed by atoms with Gasteiger partial charge < -0.3 is 15.6 Å². The Morgan fingerprint density at radius 3 is 2.62 bits per heavy atom. The van der Waals surface area contributed by atoms with Gasteiger partial charge in [-0.25, -0.2) is 0 Å². The highest BCUT2D eigenvalue weighted by Crippen LogP contribution is 2.34. The lowest BCUT2D eigenvalue weighted by Crippen LogP contribution is -2.10. The summed E-state index contributed by atoms with van der Waals surface area (Å²) in [7, 11) is 0. The summed E-state index contributed by atoms with van der Waals surface area (Å²) in [5, 5.41) is 9.78. The van der Waals surface area contributed by atoms with E-state index < -0.39 is 0 Å². The summed E-state index contributed by atoms with van der Waals surface area (Å²) in [5.41, 5.74) is 5.24. The largest absolute Gasteiger partial charge is 0.506 e. The van der Waals surface area contributed by atoms with E-state index >= 15 is 0 Å². The van der Waals surface area contributed by atoms with Crippen molar-refractivity contribution in [3.05, 3.63) is 22.2 Å². The normalized spacial score (nSPS) is 10.1. The molecule has 0 aliphatic heterocycles. The van der Waals surface area contributed by atoms with Crippen molar-refractivity contribution in [3.8, 4) is 11.5 Å². The van der Waals surface area contributed by atoms with E-state index in [0.29, 0.717) is 23.9 Å². The molecule has 0 saturated carbocycles. The molecule has 0 spiro atoms. The van der Waals surface area contributed by atoms with Crippen molar-refractivity contribution in [1.29, 1.82) is 0 Å². The van der Waals surface area contributed by atoms with Crippen LogP contribution in [-0.4, -0.2) is 18.3 Å². The highest BCUT2D eigenvalue weighted by molar-refractivity contribution is 6.36. The molecule has 0 atom stereocenters. The van der Waals surface area contributed by atoms with Crippen molar-refractivity contribution >= 4 is 23.2 Å². The molecule has 0 radical (unpaired) electrons. The SMILES string of the molecule is NCCOc1cc(O)c(Cl)cc1Cl. The van der Waals surface area contributed by atoms with Crippen LogP contribution in [0.1, 0.15) is 0 Å². The maximum Gasteiger partial charge on any atom is 0.141 e. The van der Waals surface area contributed by atoms with Crippen LogP contribution in [0, 0.1) is 0 Å². The second-order valence-electron chi connectivity index (χ2n) is 2.37. The lowest BCUT2D eigenvalue weighted by atomic mass is 10.3. The van der Waals surface area contributed by atoms with E-state index in [1.54, 1.807) is 0 Å². The fourth-order valence-corrected chi connectivity index (χ4v) is 1.24. The van der Waals surface area contributed by atoms with Crippen molar-refractivity contribution in [2.45, 2.75) is 0 Å². The van der Waals surface area contributed by atoms with Gasteiger partial charge in [-0.2, -0.15) is 0 Å². The fourth-order valence-electron chi connectivity index (χ4n) is 0.798. The maximum atomic E-state index is 9.22. The van der Waals surface area contributed by atoms with Crippen molar-refractivity contribution in [2.75, 3.05) is 13.2 Å². The predicted octanol–water partition coefficient (Wildman–Crippen LogP) is 2.04. The number of phenolic OH excluding ortho intramolecular Hbond substituents is 1. The van der Waals surface area contributed by atoms with Gasteiger partial charge >= 0.3 is 0 Å². The molecule has 0 fully saturated rings. The minimum Gasteiger partial charge on any atom is -0.506 e. The standard InChI is InChI=1S/C8H9Cl2NO2/c9-5-3-6(10)8(4-7(5)12)13-2-1-11/h3-4,12H,1-2,11H2. The van der Waals surface area contributed by atoms with Crippen molar-refractivity contribution in [1.82, 2.24) is 0 Å². The van der Waals surface area contributed by atoms with E-state index in [-0.39, 0.29) is 10.8 Å². The van der Waals surface area contributed by atoms with Crippen LogP contribution in [0.2, 0.25) is 10.0 Å². The van der Waals surface area contributed by atoms with Crippen LogP contribution < -0.4 is 10.5 Å². The Morgan fingerprint density at radius 1 is 1.31 bits per heavy atom. The molecule has 72 valence electrons. The van der Waals surface area contributed by atoms with Gasteiger partial charge in [-0.15, -0.1) is 0 Å². The number of hydrogen-bond acceptors (Lipinski definition) is 3. The van der Waals surface area contributed by atoms with Gasteiger partial charge in [0, 0.05) is 12.6 Å². The second kappa shape index (κ2) is 4.56.